The van der Waals surface area contributed by atoms with Crippen molar-refractivity contribution in [1.29, 1.82) is 0 Å². The highest BCUT2D eigenvalue weighted by atomic mass is 32.2. The Morgan fingerprint density at radius 3 is 2.82 bits per heavy atom. The van der Waals surface area contributed by atoms with Gasteiger partial charge >= 0.3 is 0 Å². The van der Waals surface area contributed by atoms with Crippen molar-refractivity contribution in [3.8, 4) is 0 Å². The lowest BCUT2D eigenvalue weighted by Crippen LogP contribution is -2.38. The molecule has 1 aromatic carbocycles. The largest absolute Gasteiger partial charge is 0.390 e. The highest BCUT2D eigenvalue weighted by molar-refractivity contribution is 7.87. The van der Waals surface area contributed by atoms with Gasteiger partial charge in [-0.15, -0.1) is 0 Å². The monoisotopic (exact) mass is 472 g/mol. The minimum Gasteiger partial charge on any atom is -0.390 e. The third-order valence-electron chi connectivity index (χ3n) is 6.38. The molecule has 3 heterocycles. The summed E-state index contributed by atoms with van der Waals surface area (Å²) in [6.07, 6.45) is 2.37. The number of benzene rings is 1. The molecule has 12 heteroatoms. The molecule has 2 aromatic heterocycles. The summed E-state index contributed by atoms with van der Waals surface area (Å²) in [7, 11) is -2.06. The lowest BCUT2D eigenvalue weighted by Gasteiger charge is -2.20. The van der Waals surface area contributed by atoms with Gasteiger partial charge in [-0.05, 0) is 24.5 Å². The molecule has 3 atom stereocenters. The van der Waals surface area contributed by atoms with Crippen molar-refractivity contribution in [1.82, 2.24) is 28.5 Å². The lowest BCUT2D eigenvalue weighted by atomic mass is 10.1. The van der Waals surface area contributed by atoms with Crippen molar-refractivity contribution in [2.45, 2.75) is 44.5 Å². The summed E-state index contributed by atoms with van der Waals surface area (Å²) in [5.41, 5.74) is 3.45. The van der Waals surface area contributed by atoms with Crippen molar-refractivity contribution in [2.24, 2.45) is 0 Å². The maximum Gasteiger partial charge on any atom is 0.279 e. The maximum absolute atomic E-state index is 12.1. The smallest absolute Gasteiger partial charge is 0.279 e. The SMILES string of the molecule is CCn1cnc2c(N[C@H]3CCN(S(=O)(=O)NC)C3)nc(N[C@@H]3c4ccccc4C[C@@H]3O)nc21. The summed E-state index contributed by atoms with van der Waals surface area (Å²) in [4.78, 5) is 13.9. The zero-order chi connectivity index (χ0) is 23.2. The van der Waals surface area contributed by atoms with E-state index >= 15 is 0 Å². The van der Waals surface area contributed by atoms with Gasteiger partial charge < -0.3 is 20.3 Å². The second-order valence-electron chi connectivity index (χ2n) is 8.39. The minimum atomic E-state index is -3.47. The summed E-state index contributed by atoms with van der Waals surface area (Å²) >= 11 is 0. The lowest BCUT2D eigenvalue weighted by molar-refractivity contribution is 0.165. The Hall–Kier alpha value is -2.80. The van der Waals surface area contributed by atoms with Crippen LogP contribution in [0, 0.1) is 0 Å². The Kier molecular flexibility index (Phi) is 5.69. The molecular weight excluding hydrogens is 444 g/mol. The quantitative estimate of drug-likeness (QED) is 0.398. The molecule has 3 aromatic rings. The van der Waals surface area contributed by atoms with Crippen molar-refractivity contribution < 1.29 is 13.5 Å². The standard InChI is InChI=1S/C21H28N8O3S/c1-3-28-12-23-18-19(24-14-8-9-29(11-14)33(31,32)22-2)26-21(27-20(18)28)25-17-15-7-5-4-6-13(15)10-16(17)30/h4-7,12,14,16-17,22,30H,3,8-11H2,1-2H3,(H2,24,25,26,27)/t14-,16-,17+/m0/s1. The summed E-state index contributed by atoms with van der Waals surface area (Å²) < 4.78 is 30.0. The Morgan fingerprint density at radius 2 is 2.03 bits per heavy atom. The summed E-state index contributed by atoms with van der Waals surface area (Å²) in [5.74, 6) is 0.933. The van der Waals surface area contributed by atoms with Gasteiger partial charge in [0, 0.05) is 39.1 Å². The van der Waals surface area contributed by atoms with Crippen LogP contribution in [0.25, 0.3) is 11.2 Å². The Bertz CT molecular complexity index is 1280. The molecule has 0 radical (unpaired) electrons. The fraction of sp³-hybridized carbons (Fsp3) is 0.476. The van der Waals surface area contributed by atoms with E-state index in [-0.39, 0.29) is 12.1 Å². The number of hydrogen-bond donors (Lipinski definition) is 4. The van der Waals surface area contributed by atoms with E-state index in [1.165, 1.54) is 11.4 Å². The molecule has 2 aliphatic rings. The first kappa shape index (κ1) is 22.0. The topological polar surface area (TPSA) is 137 Å². The highest BCUT2D eigenvalue weighted by Crippen LogP contribution is 2.34. The van der Waals surface area contributed by atoms with Crippen LogP contribution in [0.2, 0.25) is 0 Å². The highest BCUT2D eigenvalue weighted by Gasteiger charge is 2.33. The van der Waals surface area contributed by atoms with Crippen LogP contribution in [-0.4, -0.2) is 69.6 Å². The summed E-state index contributed by atoms with van der Waals surface area (Å²) in [6.45, 7) is 3.46. The number of rotatable bonds is 7. The molecule has 0 spiro atoms. The van der Waals surface area contributed by atoms with Crippen LogP contribution in [-0.2, 0) is 23.2 Å². The number of nitrogens with one attached hydrogen (secondary N) is 3. The molecule has 1 fully saturated rings. The van der Waals surface area contributed by atoms with Gasteiger partial charge in [-0.2, -0.15) is 22.7 Å². The molecule has 0 unspecified atom stereocenters. The molecule has 11 nitrogen and oxygen atoms in total. The number of hydrogen-bond acceptors (Lipinski definition) is 8. The van der Waals surface area contributed by atoms with E-state index in [0.29, 0.717) is 55.4 Å². The predicted octanol–water partition coefficient (Wildman–Crippen LogP) is 0.867. The van der Waals surface area contributed by atoms with E-state index in [4.69, 9.17) is 4.98 Å². The normalized spacial score (nSPS) is 23.2. The van der Waals surface area contributed by atoms with Crippen molar-refractivity contribution >= 4 is 33.1 Å². The molecule has 1 aliphatic heterocycles. The summed E-state index contributed by atoms with van der Waals surface area (Å²) in [5, 5.41) is 17.4. The van der Waals surface area contributed by atoms with Crippen molar-refractivity contribution in [3.05, 3.63) is 41.7 Å². The number of aliphatic hydroxyl groups excluding tert-OH is 1. The second kappa shape index (κ2) is 8.52. The number of fused-ring (bicyclic) bond motifs is 2. The van der Waals surface area contributed by atoms with Crippen LogP contribution < -0.4 is 15.4 Å². The van der Waals surface area contributed by atoms with Crippen LogP contribution in [0.5, 0.6) is 0 Å². The first-order valence-electron chi connectivity index (χ1n) is 11.1. The van der Waals surface area contributed by atoms with Crippen molar-refractivity contribution in [2.75, 3.05) is 30.8 Å². The van der Waals surface area contributed by atoms with E-state index in [1.54, 1.807) is 6.33 Å². The Balaban J connectivity index is 1.45. The number of anilines is 2. The fourth-order valence-electron chi connectivity index (χ4n) is 4.61. The van der Waals surface area contributed by atoms with Gasteiger partial charge in [0.05, 0.1) is 18.5 Å². The van der Waals surface area contributed by atoms with E-state index in [2.05, 4.69) is 25.3 Å². The third-order valence-corrected chi connectivity index (χ3v) is 7.91. The first-order chi connectivity index (χ1) is 15.9. The van der Waals surface area contributed by atoms with Gasteiger partial charge in [-0.3, -0.25) is 0 Å². The van der Waals surface area contributed by atoms with Crippen LogP contribution >= 0.6 is 0 Å². The number of aliphatic hydroxyl groups is 1. The number of nitrogens with zero attached hydrogens (tertiary/aromatic N) is 5. The van der Waals surface area contributed by atoms with E-state index < -0.39 is 16.3 Å². The molecular formula is C21H28N8O3S. The molecule has 4 N–H and O–H groups in total. The zero-order valence-electron chi connectivity index (χ0n) is 18.6. The van der Waals surface area contributed by atoms with Gasteiger partial charge in [-0.25, -0.2) is 9.71 Å². The average molecular weight is 473 g/mol. The van der Waals surface area contributed by atoms with Crippen LogP contribution in [0.15, 0.2) is 30.6 Å². The van der Waals surface area contributed by atoms with Crippen LogP contribution in [0.3, 0.4) is 0 Å². The van der Waals surface area contributed by atoms with E-state index in [0.717, 1.165) is 11.1 Å². The van der Waals surface area contributed by atoms with Gasteiger partial charge in [0.15, 0.2) is 17.0 Å². The Morgan fingerprint density at radius 1 is 1.21 bits per heavy atom. The number of aromatic nitrogens is 4. The molecule has 5 rings (SSSR count). The molecule has 0 saturated carbocycles. The predicted molar refractivity (Wildman–Crippen MR) is 125 cm³/mol. The average Bonchev–Trinajstić information content (AvgIpc) is 3.52. The third kappa shape index (κ3) is 4.03. The van der Waals surface area contributed by atoms with E-state index in [1.807, 2.05) is 35.8 Å². The fourth-order valence-corrected chi connectivity index (χ4v) is 5.59. The maximum atomic E-state index is 12.1. The van der Waals surface area contributed by atoms with Crippen molar-refractivity contribution in [3.63, 3.8) is 0 Å². The summed E-state index contributed by atoms with van der Waals surface area (Å²) in [6, 6.07) is 7.54. The number of imidazole rings is 1. The van der Waals surface area contributed by atoms with Gasteiger partial charge in [0.25, 0.3) is 10.2 Å². The van der Waals surface area contributed by atoms with Gasteiger partial charge in [0.2, 0.25) is 5.95 Å². The zero-order valence-corrected chi connectivity index (χ0v) is 19.4. The van der Waals surface area contributed by atoms with Crippen LogP contribution in [0.1, 0.15) is 30.5 Å². The molecule has 1 saturated heterocycles. The molecule has 33 heavy (non-hydrogen) atoms. The number of aryl methyl sites for hydroxylation is 1. The molecule has 0 bridgehead atoms. The Labute approximate surface area is 192 Å². The van der Waals surface area contributed by atoms with Gasteiger partial charge in [-0.1, -0.05) is 24.3 Å². The molecule has 0 amide bonds. The first-order valence-corrected chi connectivity index (χ1v) is 12.5. The second-order valence-corrected chi connectivity index (χ2v) is 10.3. The van der Waals surface area contributed by atoms with Gasteiger partial charge in [0.1, 0.15) is 0 Å². The minimum absolute atomic E-state index is 0.108. The molecule has 1 aliphatic carbocycles. The van der Waals surface area contributed by atoms with E-state index in [9.17, 15) is 13.5 Å². The molecule has 176 valence electrons. The van der Waals surface area contributed by atoms with Crippen LogP contribution in [0.4, 0.5) is 11.8 Å².